The van der Waals surface area contributed by atoms with Crippen LogP contribution in [0.1, 0.15) is 10.8 Å². The number of fused-ring (bicyclic) bond motifs is 1. The first-order chi connectivity index (χ1) is 9.75. The Morgan fingerprint density at radius 2 is 2.00 bits per heavy atom. The summed E-state index contributed by atoms with van der Waals surface area (Å²) in [6, 6.07) is 11.5. The molecule has 1 aromatic carbocycles. The molecule has 2 aromatic heterocycles. The second-order valence-electron chi connectivity index (χ2n) is 4.13. The second kappa shape index (κ2) is 5.60. The van der Waals surface area contributed by atoms with Gasteiger partial charge in [0.05, 0.1) is 0 Å². The summed E-state index contributed by atoms with van der Waals surface area (Å²) in [5.41, 5.74) is 6.42. The summed E-state index contributed by atoms with van der Waals surface area (Å²) in [5.74, 6) is -0.372. The van der Waals surface area contributed by atoms with Crippen molar-refractivity contribution in [2.24, 2.45) is 5.73 Å². The number of primary amides is 1. The summed E-state index contributed by atoms with van der Waals surface area (Å²) in [6.45, 7) is 0. The number of nitrogens with two attached hydrogens (primary N) is 1. The van der Waals surface area contributed by atoms with Crippen LogP contribution in [-0.4, -0.2) is 15.9 Å². The van der Waals surface area contributed by atoms with E-state index in [2.05, 4.69) is 9.97 Å². The number of nitrogens with zero attached hydrogens (tertiary/aromatic N) is 2. The zero-order valence-corrected chi connectivity index (χ0v) is 12.0. The van der Waals surface area contributed by atoms with Gasteiger partial charge in [0, 0.05) is 5.39 Å². The van der Waals surface area contributed by atoms with Crippen LogP contribution in [-0.2, 0) is 4.79 Å². The van der Waals surface area contributed by atoms with Crippen molar-refractivity contribution >= 4 is 39.2 Å². The van der Waals surface area contributed by atoms with E-state index in [0.717, 1.165) is 20.8 Å². The fourth-order valence-corrected chi connectivity index (χ4v) is 3.72. The first-order valence-corrected chi connectivity index (χ1v) is 7.71. The molecule has 0 spiro atoms. The van der Waals surface area contributed by atoms with Crippen molar-refractivity contribution in [3.8, 4) is 0 Å². The molecule has 2 N–H and O–H groups in total. The standard InChI is InChI=1S/C14H11N3OS2/c15-12(18)11(9-4-2-1-3-5-9)20-14-10-6-7-19-13(10)16-8-17-14/h1-8,11H,(H2,15,18)/t11-/m0/s1. The van der Waals surface area contributed by atoms with Crippen LogP contribution in [0, 0.1) is 0 Å². The van der Waals surface area contributed by atoms with E-state index >= 15 is 0 Å². The van der Waals surface area contributed by atoms with Crippen LogP contribution in [0.2, 0.25) is 0 Å². The van der Waals surface area contributed by atoms with Gasteiger partial charge in [0.1, 0.15) is 21.4 Å². The molecule has 2 heterocycles. The van der Waals surface area contributed by atoms with Gasteiger partial charge >= 0.3 is 0 Å². The van der Waals surface area contributed by atoms with E-state index < -0.39 is 5.25 Å². The molecule has 3 rings (SSSR count). The third kappa shape index (κ3) is 2.52. The number of thioether (sulfide) groups is 1. The molecule has 6 heteroatoms. The lowest BCUT2D eigenvalue weighted by molar-refractivity contribution is -0.117. The van der Waals surface area contributed by atoms with Gasteiger partial charge < -0.3 is 5.73 Å². The molecule has 0 aliphatic rings. The summed E-state index contributed by atoms with van der Waals surface area (Å²) in [5, 5.41) is 3.26. The number of carbonyl (C=O) groups is 1. The molecule has 4 nitrogen and oxygen atoms in total. The Balaban J connectivity index is 1.99. The SMILES string of the molecule is NC(=O)[C@@H](Sc1ncnc2sccc12)c1ccccc1. The highest BCUT2D eigenvalue weighted by Gasteiger charge is 2.21. The summed E-state index contributed by atoms with van der Waals surface area (Å²) in [4.78, 5) is 21.1. The highest BCUT2D eigenvalue weighted by Crippen LogP contribution is 2.37. The van der Waals surface area contributed by atoms with Gasteiger partial charge in [-0.15, -0.1) is 11.3 Å². The topological polar surface area (TPSA) is 68.9 Å². The largest absolute Gasteiger partial charge is 0.368 e. The van der Waals surface area contributed by atoms with Crippen LogP contribution < -0.4 is 5.73 Å². The van der Waals surface area contributed by atoms with Crippen LogP contribution in [0.15, 0.2) is 53.1 Å². The maximum Gasteiger partial charge on any atom is 0.235 e. The minimum atomic E-state index is -0.450. The molecule has 0 radical (unpaired) electrons. The zero-order chi connectivity index (χ0) is 13.9. The van der Waals surface area contributed by atoms with Gasteiger partial charge in [0.15, 0.2) is 0 Å². The quantitative estimate of drug-likeness (QED) is 0.594. The zero-order valence-electron chi connectivity index (χ0n) is 10.4. The molecule has 0 saturated carbocycles. The number of hydrogen-bond acceptors (Lipinski definition) is 5. The molecule has 0 fully saturated rings. The molecule has 1 atom stereocenters. The van der Waals surface area contributed by atoms with Crippen LogP contribution in [0.5, 0.6) is 0 Å². The fourth-order valence-electron chi connectivity index (χ4n) is 1.89. The molecule has 0 saturated heterocycles. The Kier molecular flexibility index (Phi) is 3.66. The van der Waals surface area contributed by atoms with Crippen molar-refractivity contribution in [2.45, 2.75) is 10.3 Å². The molecule has 0 unspecified atom stereocenters. The van der Waals surface area contributed by atoms with Gasteiger partial charge in [-0.3, -0.25) is 4.79 Å². The maximum atomic E-state index is 11.7. The lowest BCUT2D eigenvalue weighted by atomic mass is 10.1. The second-order valence-corrected chi connectivity index (χ2v) is 6.12. The van der Waals surface area contributed by atoms with Crippen LogP contribution >= 0.6 is 23.1 Å². The molecular weight excluding hydrogens is 290 g/mol. The molecule has 20 heavy (non-hydrogen) atoms. The minimum absolute atomic E-state index is 0.372. The molecule has 0 aliphatic heterocycles. The van der Waals surface area contributed by atoms with Gasteiger partial charge in [-0.25, -0.2) is 9.97 Å². The number of benzene rings is 1. The summed E-state index contributed by atoms with van der Waals surface area (Å²) in [7, 11) is 0. The molecular formula is C14H11N3OS2. The van der Waals surface area contributed by atoms with Crippen molar-refractivity contribution < 1.29 is 4.79 Å². The van der Waals surface area contributed by atoms with E-state index in [0.29, 0.717) is 0 Å². The molecule has 0 bridgehead atoms. The van der Waals surface area contributed by atoms with Crippen molar-refractivity contribution in [3.05, 3.63) is 53.7 Å². The molecule has 0 aliphatic carbocycles. The van der Waals surface area contributed by atoms with E-state index in [1.807, 2.05) is 41.8 Å². The van der Waals surface area contributed by atoms with Crippen LogP contribution in [0.3, 0.4) is 0 Å². The van der Waals surface area contributed by atoms with Gasteiger partial charge in [-0.2, -0.15) is 0 Å². The van der Waals surface area contributed by atoms with Gasteiger partial charge in [-0.1, -0.05) is 42.1 Å². The monoisotopic (exact) mass is 301 g/mol. The number of hydrogen-bond donors (Lipinski definition) is 1. The van der Waals surface area contributed by atoms with E-state index in [4.69, 9.17) is 5.73 Å². The maximum absolute atomic E-state index is 11.7. The van der Waals surface area contributed by atoms with Gasteiger partial charge in [0.2, 0.25) is 5.91 Å². The normalized spacial score (nSPS) is 12.4. The number of rotatable bonds is 4. The summed E-state index contributed by atoms with van der Waals surface area (Å²) in [6.07, 6.45) is 1.52. The lowest BCUT2D eigenvalue weighted by Crippen LogP contribution is -2.19. The Labute approximate surface area is 124 Å². The number of thiophene rings is 1. The van der Waals surface area contributed by atoms with E-state index in [1.54, 1.807) is 11.3 Å². The van der Waals surface area contributed by atoms with Crippen LogP contribution in [0.25, 0.3) is 10.2 Å². The third-order valence-electron chi connectivity index (χ3n) is 2.82. The average molecular weight is 301 g/mol. The average Bonchev–Trinajstić information content (AvgIpc) is 2.94. The third-order valence-corrected chi connectivity index (χ3v) is 4.92. The number of amides is 1. The Morgan fingerprint density at radius 1 is 1.20 bits per heavy atom. The van der Waals surface area contributed by atoms with Crippen molar-refractivity contribution in [1.82, 2.24) is 9.97 Å². The Bertz CT molecular complexity index is 742. The molecule has 100 valence electrons. The van der Waals surface area contributed by atoms with Crippen molar-refractivity contribution in [2.75, 3.05) is 0 Å². The number of carbonyl (C=O) groups excluding carboxylic acids is 1. The van der Waals surface area contributed by atoms with Gasteiger partial charge in [0.25, 0.3) is 0 Å². The van der Waals surface area contributed by atoms with Crippen molar-refractivity contribution in [1.29, 1.82) is 0 Å². The van der Waals surface area contributed by atoms with E-state index in [9.17, 15) is 4.79 Å². The molecule has 3 aromatic rings. The lowest BCUT2D eigenvalue weighted by Gasteiger charge is -2.13. The minimum Gasteiger partial charge on any atom is -0.368 e. The predicted molar refractivity (Wildman–Crippen MR) is 81.6 cm³/mol. The van der Waals surface area contributed by atoms with Gasteiger partial charge in [-0.05, 0) is 17.0 Å². The number of aromatic nitrogens is 2. The summed E-state index contributed by atoms with van der Waals surface area (Å²) >= 11 is 2.92. The van der Waals surface area contributed by atoms with Crippen LogP contribution in [0.4, 0.5) is 0 Å². The highest BCUT2D eigenvalue weighted by molar-refractivity contribution is 8.00. The van der Waals surface area contributed by atoms with E-state index in [1.165, 1.54) is 18.1 Å². The Morgan fingerprint density at radius 3 is 2.75 bits per heavy atom. The smallest absolute Gasteiger partial charge is 0.235 e. The van der Waals surface area contributed by atoms with Crippen molar-refractivity contribution in [3.63, 3.8) is 0 Å². The molecule has 1 amide bonds. The first-order valence-electron chi connectivity index (χ1n) is 5.95. The Hall–Kier alpha value is -1.92. The predicted octanol–water partition coefficient (Wildman–Crippen LogP) is 3.01. The highest BCUT2D eigenvalue weighted by atomic mass is 32.2. The van der Waals surface area contributed by atoms with E-state index in [-0.39, 0.29) is 5.91 Å². The fraction of sp³-hybridized carbons (Fsp3) is 0.0714. The summed E-state index contributed by atoms with van der Waals surface area (Å²) < 4.78 is 0. The first kappa shape index (κ1) is 13.1.